The number of carbonyl (C=O) groups is 1. The number of hydrogen-bond acceptors (Lipinski definition) is 6. The second-order valence-corrected chi connectivity index (χ2v) is 11.0. The Morgan fingerprint density at radius 3 is 2.57 bits per heavy atom. The van der Waals surface area contributed by atoms with E-state index in [1.54, 1.807) is 50.2 Å². The van der Waals surface area contributed by atoms with Gasteiger partial charge in [0.1, 0.15) is 17.1 Å². The highest BCUT2D eigenvalue weighted by Gasteiger charge is 2.42. The van der Waals surface area contributed by atoms with Crippen LogP contribution in [0.15, 0.2) is 83.8 Å². The lowest BCUT2D eigenvalue weighted by molar-refractivity contribution is 0.0672. The van der Waals surface area contributed by atoms with Crippen LogP contribution < -0.4 is 20.3 Å². The number of amides is 1. The molecule has 10 heteroatoms. The van der Waals surface area contributed by atoms with Gasteiger partial charge in [0.25, 0.3) is 11.5 Å². The Hall–Kier alpha value is -4.96. The van der Waals surface area contributed by atoms with E-state index in [2.05, 4.69) is 10.3 Å². The molecular weight excluding hydrogens is 563 g/mol. The molecular formula is C34H33FN4O5. The van der Waals surface area contributed by atoms with Gasteiger partial charge in [0.15, 0.2) is 11.6 Å². The Bertz CT molecular complexity index is 1900. The van der Waals surface area contributed by atoms with E-state index >= 15 is 4.39 Å². The molecule has 0 saturated heterocycles. The predicted molar refractivity (Wildman–Crippen MR) is 166 cm³/mol. The van der Waals surface area contributed by atoms with Crippen LogP contribution in [0, 0.1) is 12.7 Å². The maximum Gasteiger partial charge on any atom is 0.284 e. The average Bonchev–Trinajstić information content (AvgIpc) is 3.77. The van der Waals surface area contributed by atoms with Crippen LogP contribution in [0.5, 0.6) is 17.2 Å². The molecule has 226 valence electrons. The van der Waals surface area contributed by atoms with E-state index in [9.17, 15) is 9.59 Å². The van der Waals surface area contributed by atoms with Gasteiger partial charge in [-0.05, 0) is 75.1 Å². The highest BCUT2D eigenvalue weighted by Crippen LogP contribution is 2.43. The first kappa shape index (κ1) is 29.1. The van der Waals surface area contributed by atoms with E-state index in [4.69, 9.17) is 14.2 Å². The van der Waals surface area contributed by atoms with Crippen LogP contribution in [0.3, 0.4) is 0 Å². The first-order chi connectivity index (χ1) is 21.3. The summed E-state index contributed by atoms with van der Waals surface area (Å²) in [7, 11) is 3.47. The van der Waals surface area contributed by atoms with E-state index < -0.39 is 17.3 Å². The van der Waals surface area contributed by atoms with Crippen LogP contribution in [0.4, 0.5) is 10.1 Å². The second-order valence-electron chi connectivity index (χ2n) is 11.0. The number of hydrogen-bond donors (Lipinski definition) is 1. The van der Waals surface area contributed by atoms with Crippen molar-refractivity contribution in [3.05, 3.63) is 106 Å². The lowest BCUT2D eigenvalue weighted by Crippen LogP contribution is -2.25. The molecule has 9 nitrogen and oxygen atoms in total. The fraction of sp³-hybridized carbons (Fsp3) is 0.265. The number of rotatable bonds is 11. The molecule has 0 atom stereocenters. The Morgan fingerprint density at radius 2 is 1.84 bits per heavy atom. The van der Waals surface area contributed by atoms with Crippen molar-refractivity contribution in [3.8, 4) is 22.9 Å². The molecule has 2 aromatic heterocycles. The van der Waals surface area contributed by atoms with Crippen molar-refractivity contribution in [2.75, 3.05) is 19.0 Å². The maximum absolute atomic E-state index is 15.2. The summed E-state index contributed by atoms with van der Waals surface area (Å²) in [4.78, 5) is 30.7. The highest BCUT2D eigenvalue weighted by molar-refractivity contribution is 6.05. The summed E-state index contributed by atoms with van der Waals surface area (Å²) in [5.41, 5.74) is 1.51. The van der Waals surface area contributed by atoms with E-state index in [0.717, 1.165) is 31.7 Å². The molecule has 1 aliphatic carbocycles. The molecule has 1 fully saturated rings. The quantitative estimate of drug-likeness (QED) is 0.174. The van der Waals surface area contributed by atoms with Crippen molar-refractivity contribution in [2.45, 2.75) is 38.2 Å². The van der Waals surface area contributed by atoms with Crippen molar-refractivity contribution in [3.63, 3.8) is 0 Å². The topological polar surface area (TPSA) is 96.6 Å². The SMILES string of the molecule is COC1(CCCOc2ccc3c(Oc4ccc(NC(=O)c5c(C)n(C)n(-c6ccccc6)c5=O)cc4F)ccnc3c2)CC1. The number of aromatic nitrogens is 3. The number of methoxy groups -OCH3 is 1. The lowest BCUT2D eigenvalue weighted by atomic mass is 10.2. The first-order valence-electron chi connectivity index (χ1n) is 14.5. The second kappa shape index (κ2) is 12.0. The molecule has 2 heterocycles. The van der Waals surface area contributed by atoms with Crippen molar-refractivity contribution >= 4 is 22.5 Å². The average molecular weight is 597 g/mol. The highest BCUT2D eigenvalue weighted by atomic mass is 19.1. The molecule has 1 saturated carbocycles. The van der Waals surface area contributed by atoms with Crippen LogP contribution in [-0.2, 0) is 11.8 Å². The Morgan fingerprint density at radius 1 is 1.05 bits per heavy atom. The molecule has 1 N–H and O–H groups in total. The minimum Gasteiger partial charge on any atom is -0.494 e. The summed E-state index contributed by atoms with van der Waals surface area (Å²) >= 11 is 0. The van der Waals surface area contributed by atoms with Gasteiger partial charge < -0.3 is 19.5 Å². The lowest BCUT2D eigenvalue weighted by Gasteiger charge is -2.14. The number of ether oxygens (including phenoxy) is 3. The van der Waals surface area contributed by atoms with Crippen LogP contribution in [0.25, 0.3) is 16.6 Å². The summed E-state index contributed by atoms with van der Waals surface area (Å²) < 4.78 is 35.6. The molecule has 0 aliphatic heterocycles. The molecule has 0 radical (unpaired) electrons. The number of halogens is 1. The van der Waals surface area contributed by atoms with Gasteiger partial charge >= 0.3 is 0 Å². The summed E-state index contributed by atoms with van der Waals surface area (Å²) in [6.45, 7) is 2.27. The monoisotopic (exact) mass is 596 g/mol. The Balaban J connectivity index is 1.14. The molecule has 0 unspecified atom stereocenters. The van der Waals surface area contributed by atoms with Gasteiger partial charge in [-0.15, -0.1) is 0 Å². The van der Waals surface area contributed by atoms with Crippen LogP contribution >= 0.6 is 0 Å². The van der Waals surface area contributed by atoms with Gasteiger partial charge in [0, 0.05) is 43.6 Å². The molecule has 5 aromatic rings. The smallest absolute Gasteiger partial charge is 0.284 e. The summed E-state index contributed by atoms with van der Waals surface area (Å²) in [5, 5.41) is 3.34. The molecule has 0 spiro atoms. The van der Waals surface area contributed by atoms with Crippen molar-refractivity contribution in [1.29, 1.82) is 0 Å². The van der Waals surface area contributed by atoms with Gasteiger partial charge in [-0.3, -0.25) is 19.3 Å². The zero-order valence-electron chi connectivity index (χ0n) is 24.8. The molecule has 1 amide bonds. The maximum atomic E-state index is 15.2. The number of fused-ring (bicyclic) bond motifs is 1. The van der Waals surface area contributed by atoms with Crippen molar-refractivity contribution in [2.24, 2.45) is 7.05 Å². The number of nitrogens with zero attached hydrogens (tertiary/aromatic N) is 3. The fourth-order valence-corrected chi connectivity index (χ4v) is 5.36. The molecule has 1 aliphatic rings. The van der Waals surface area contributed by atoms with Crippen molar-refractivity contribution < 1.29 is 23.4 Å². The number of nitrogens with one attached hydrogen (secondary N) is 1. The minimum absolute atomic E-state index is 0.0227. The summed E-state index contributed by atoms with van der Waals surface area (Å²) in [5.74, 6) is -0.210. The van der Waals surface area contributed by atoms with Gasteiger partial charge in [0.05, 0.1) is 29.1 Å². The third-order valence-electron chi connectivity index (χ3n) is 8.15. The van der Waals surface area contributed by atoms with E-state index in [1.165, 1.54) is 16.8 Å². The third-order valence-corrected chi connectivity index (χ3v) is 8.15. The Labute approximate surface area is 253 Å². The van der Waals surface area contributed by atoms with Gasteiger partial charge in [-0.25, -0.2) is 9.07 Å². The van der Waals surface area contributed by atoms with E-state index in [1.807, 2.05) is 36.4 Å². The summed E-state index contributed by atoms with van der Waals surface area (Å²) in [6, 6.07) is 20.3. The number of pyridine rings is 1. The standard InChI is InChI=1S/C34H33FN4O5/c1-22-31(33(41)39(38(22)2)24-8-5-4-6-9-24)32(40)37-23-10-13-30(27(35)20-23)44-29-14-18-36-28-21-25(11-12-26(28)29)43-19-7-15-34(42-3)16-17-34/h4-6,8-14,18,20-21H,7,15-17,19H2,1-3H3,(H,37,40). The summed E-state index contributed by atoms with van der Waals surface area (Å²) in [6.07, 6.45) is 5.67. The normalized spacial score (nSPS) is 13.5. The van der Waals surface area contributed by atoms with E-state index in [-0.39, 0.29) is 22.6 Å². The number of carbonyl (C=O) groups excluding carboxylic acids is 1. The molecule has 6 rings (SSSR count). The van der Waals surface area contributed by atoms with E-state index in [0.29, 0.717) is 40.4 Å². The van der Waals surface area contributed by atoms with Crippen molar-refractivity contribution in [1.82, 2.24) is 14.3 Å². The third kappa shape index (κ3) is 5.80. The molecule has 0 bridgehead atoms. The predicted octanol–water partition coefficient (Wildman–Crippen LogP) is 6.55. The largest absolute Gasteiger partial charge is 0.494 e. The molecule has 44 heavy (non-hydrogen) atoms. The van der Waals surface area contributed by atoms with Crippen LogP contribution in [0.2, 0.25) is 0 Å². The first-order valence-corrected chi connectivity index (χ1v) is 14.5. The van der Waals surface area contributed by atoms with Crippen LogP contribution in [-0.4, -0.2) is 39.6 Å². The zero-order chi connectivity index (χ0) is 30.8. The molecule has 3 aromatic carbocycles. The minimum atomic E-state index is -0.677. The van der Waals surface area contributed by atoms with Gasteiger partial charge in [-0.2, -0.15) is 0 Å². The Kier molecular flexibility index (Phi) is 7.92. The number of para-hydroxylation sites is 1. The van der Waals surface area contributed by atoms with Gasteiger partial charge in [0.2, 0.25) is 0 Å². The van der Waals surface area contributed by atoms with Crippen LogP contribution in [0.1, 0.15) is 41.7 Å². The number of anilines is 1. The fourth-order valence-electron chi connectivity index (χ4n) is 5.36. The zero-order valence-corrected chi connectivity index (χ0v) is 24.8. The van der Waals surface area contributed by atoms with Gasteiger partial charge in [-0.1, -0.05) is 18.2 Å². The number of benzene rings is 3.